The molecule has 2 heteroatoms. The smallest absolute Gasteiger partial charge is 0.00993 e. The SMILES string of the molecule is CC(C)CCC(C)N(CC1CCNCC1)C1CC1. The Balaban J connectivity index is 1.78. The fourth-order valence-electron chi connectivity index (χ4n) is 3.20. The lowest BCUT2D eigenvalue weighted by Crippen LogP contribution is -2.41. The van der Waals surface area contributed by atoms with Gasteiger partial charge in [0.2, 0.25) is 0 Å². The second kappa shape index (κ2) is 6.91. The molecule has 0 aromatic carbocycles. The highest BCUT2D eigenvalue weighted by Gasteiger charge is 2.33. The minimum atomic E-state index is 0.801. The van der Waals surface area contributed by atoms with Crippen LogP contribution < -0.4 is 5.32 Å². The van der Waals surface area contributed by atoms with Gasteiger partial charge < -0.3 is 5.32 Å². The molecule has 0 amide bonds. The topological polar surface area (TPSA) is 15.3 Å². The van der Waals surface area contributed by atoms with E-state index in [4.69, 9.17) is 0 Å². The molecule has 2 nitrogen and oxygen atoms in total. The Morgan fingerprint density at radius 2 is 1.67 bits per heavy atom. The van der Waals surface area contributed by atoms with Crippen molar-refractivity contribution >= 4 is 0 Å². The highest BCUT2D eigenvalue weighted by atomic mass is 15.2. The Labute approximate surface area is 114 Å². The van der Waals surface area contributed by atoms with E-state index in [2.05, 4.69) is 31.0 Å². The van der Waals surface area contributed by atoms with Crippen molar-refractivity contribution in [1.29, 1.82) is 0 Å². The molecule has 2 fully saturated rings. The van der Waals surface area contributed by atoms with Crippen LogP contribution in [0.1, 0.15) is 59.3 Å². The Kier molecular flexibility index (Phi) is 5.50. The van der Waals surface area contributed by atoms with E-state index in [9.17, 15) is 0 Å². The van der Waals surface area contributed by atoms with Crippen molar-refractivity contribution in [2.75, 3.05) is 19.6 Å². The molecule has 1 atom stereocenters. The predicted molar refractivity (Wildman–Crippen MR) is 78.9 cm³/mol. The van der Waals surface area contributed by atoms with Crippen LogP contribution in [-0.2, 0) is 0 Å². The van der Waals surface area contributed by atoms with Gasteiger partial charge in [-0.3, -0.25) is 4.90 Å². The molecular weight excluding hydrogens is 220 g/mol. The Morgan fingerprint density at radius 3 is 2.22 bits per heavy atom. The quantitative estimate of drug-likeness (QED) is 0.748. The lowest BCUT2D eigenvalue weighted by molar-refractivity contribution is 0.141. The van der Waals surface area contributed by atoms with Crippen LogP contribution in [0.15, 0.2) is 0 Å². The van der Waals surface area contributed by atoms with Crippen molar-refractivity contribution in [2.24, 2.45) is 11.8 Å². The van der Waals surface area contributed by atoms with Crippen molar-refractivity contribution in [1.82, 2.24) is 10.2 Å². The molecule has 1 N–H and O–H groups in total. The number of nitrogens with one attached hydrogen (secondary N) is 1. The maximum Gasteiger partial charge on any atom is 0.00993 e. The van der Waals surface area contributed by atoms with E-state index in [1.54, 1.807) is 0 Å². The minimum absolute atomic E-state index is 0.801. The molecule has 0 aromatic rings. The summed E-state index contributed by atoms with van der Waals surface area (Å²) in [6.45, 7) is 11.0. The first-order valence-electron chi connectivity index (χ1n) is 8.13. The molecule has 2 aliphatic rings. The average Bonchev–Trinajstić information content (AvgIpc) is 3.18. The van der Waals surface area contributed by atoms with Crippen molar-refractivity contribution < 1.29 is 0 Å². The molecule has 0 spiro atoms. The fraction of sp³-hybridized carbons (Fsp3) is 1.00. The van der Waals surface area contributed by atoms with Crippen molar-refractivity contribution in [3.63, 3.8) is 0 Å². The second-order valence-corrected chi connectivity index (χ2v) is 6.94. The Morgan fingerprint density at radius 1 is 1.00 bits per heavy atom. The molecule has 106 valence electrons. The van der Waals surface area contributed by atoms with Crippen LogP contribution in [0.3, 0.4) is 0 Å². The third-order valence-electron chi connectivity index (χ3n) is 4.67. The lowest BCUT2D eigenvalue weighted by Gasteiger charge is -2.34. The maximum absolute atomic E-state index is 3.48. The van der Waals surface area contributed by atoms with Gasteiger partial charge in [0.25, 0.3) is 0 Å². The average molecular weight is 252 g/mol. The van der Waals surface area contributed by atoms with Crippen LogP contribution in [0.5, 0.6) is 0 Å². The molecule has 18 heavy (non-hydrogen) atoms. The molecule has 1 unspecified atom stereocenters. The zero-order valence-corrected chi connectivity index (χ0v) is 12.6. The van der Waals surface area contributed by atoms with Gasteiger partial charge in [0.15, 0.2) is 0 Å². The molecule has 1 heterocycles. The van der Waals surface area contributed by atoms with Crippen molar-refractivity contribution in [3.8, 4) is 0 Å². The number of hydrogen-bond acceptors (Lipinski definition) is 2. The molecule has 0 aromatic heterocycles. The second-order valence-electron chi connectivity index (χ2n) is 6.94. The van der Waals surface area contributed by atoms with E-state index in [1.165, 1.54) is 58.2 Å². The van der Waals surface area contributed by atoms with E-state index < -0.39 is 0 Å². The Bertz CT molecular complexity index is 229. The predicted octanol–water partition coefficient (Wildman–Crippen LogP) is 3.28. The largest absolute Gasteiger partial charge is 0.317 e. The molecule has 1 saturated heterocycles. The summed E-state index contributed by atoms with van der Waals surface area (Å²) >= 11 is 0. The first kappa shape index (κ1) is 14.3. The first-order chi connectivity index (χ1) is 8.66. The highest BCUT2D eigenvalue weighted by Crippen LogP contribution is 2.32. The van der Waals surface area contributed by atoms with Gasteiger partial charge >= 0.3 is 0 Å². The van der Waals surface area contributed by atoms with Gasteiger partial charge in [0.05, 0.1) is 0 Å². The van der Waals surface area contributed by atoms with Gasteiger partial charge in [-0.1, -0.05) is 13.8 Å². The van der Waals surface area contributed by atoms with Gasteiger partial charge in [0, 0.05) is 18.6 Å². The summed E-state index contributed by atoms with van der Waals surface area (Å²) in [4.78, 5) is 2.85. The summed E-state index contributed by atoms with van der Waals surface area (Å²) in [5.41, 5.74) is 0. The van der Waals surface area contributed by atoms with E-state index in [0.29, 0.717) is 0 Å². The van der Waals surface area contributed by atoms with Gasteiger partial charge in [-0.05, 0) is 70.4 Å². The summed E-state index contributed by atoms with van der Waals surface area (Å²) in [6, 6.07) is 1.73. The molecule has 1 saturated carbocycles. The monoisotopic (exact) mass is 252 g/mol. The van der Waals surface area contributed by atoms with E-state index in [0.717, 1.165) is 23.9 Å². The van der Waals surface area contributed by atoms with Crippen LogP contribution >= 0.6 is 0 Å². The third-order valence-corrected chi connectivity index (χ3v) is 4.67. The van der Waals surface area contributed by atoms with Crippen LogP contribution in [0.25, 0.3) is 0 Å². The van der Waals surface area contributed by atoms with Crippen LogP contribution in [0.4, 0.5) is 0 Å². The van der Waals surface area contributed by atoms with Gasteiger partial charge in [-0.15, -0.1) is 0 Å². The summed E-state index contributed by atoms with van der Waals surface area (Å²) in [5.74, 6) is 1.81. The van der Waals surface area contributed by atoms with E-state index in [1.807, 2.05) is 0 Å². The zero-order chi connectivity index (χ0) is 13.0. The molecule has 0 radical (unpaired) electrons. The minimum Gasteiger partial charge on any atom is -0.317 e. The van der Waals surface area contributed by atoms with Crippen LogP contribution in [0, 0.1) is 11.8 Å². The number of rotatable bonds is 7. The fourth-order valence-corrected chi connectivity index (χ4v) is 3.20. The maximum atomic E-state index is 3.48. The summed E-state index contributed by atoms with van der Waals surface area (Å²) in [5, 5.41) is 3.48. The molecular formula is C16H32N2. The standard InChI is InChI=1S/C16H32N2/c1-13(2)4-5-14(3)18(16-6-7-16)12-15-8-10-17-11-9-15/h13-17H,4-12H2,1-3H3. The molecule has 1 aliphatic carbocycles. The lowest BCUT2D eigenvalue weighted by atomic mass is 9.95. The number of hydrogen-bond donors (Lipinski definition) is 1. The van der Waals surface area contributed by atoms with Gasteiger partial charge in [-0.25, -0.2) is 0 Å². The number of nitrogens with zero attached hydrogens (tertiary/aromatic N) is 1. The summed E-state index contributed by atoms with van der Waals surface area (Å²) < 4.78 is 0. The Hall–Kier alpha value is -0.0800. The summed E-state index contributed by atoms with van der Waals surface area (Å²) in [7, 11) is 0. The van der Waals surface area contributed by atoms with Crippen LogP contribution in [-0.4, -0.2) is 36.6 Å². The number of piperidine rings is 1. The summed E-state index contributed by atoms with van der Waals surface area (Å²) in [6.07, 6.45) is 8.46. The first-order valence-corrected chi connectivity index (χ1v) is 8.13. The van der Waals surface area contributed by atoms with E-state index >= 15 is 0 Å². The van der Waals surface area contributed by atoms with Crippen molar-refractivity contribution in [3.05, 3.63) is 0 Å². The third kappa shape index (κ3) is 4.55. The molecule has 2 rings (SSSR count). The highest BCUT2D eigenvalue weighted by molar-refractivity contribution is 4.89. The van der Waals surface area contributed by atoms with Crippen LogP contribution in [0.2, 0.25) is 0 Å². The van der Waals surface area contributed by atoms with E-state index in [-0.39, 0.29) is 0 Å². The van der Waals surface area contributed by atoms with Gasteiger partial charge in [0.1, 0.15) is 0 Å². The van der Waals surface area contributed by atoms with Crippen molar-refractivity contribution in [2.45, 2.75) is 71.4 Å². The van der Waals surface area contributed by atoms with Gasteiger partial charge in [-0.2, -0.15) is 0 Å². The normalized spacial score (nSPS) is 23.8. The zero-order valence-electron chi connectivity index (χ0n) is 12.6. The molecule has 1 aliphatic heterocycles. The molecule has 0 bridgehead atoms.